The summed E-state index contributed by atoms with van der Waals surface area (Å²) >= 11 is 0. The van der Waals surface area contributed by atoms with E-state index in [1.54, 1.807) is 0 Å². The molecule has 2 heteroatoms. The van der Waals surface area contributed by atoms with Crippen molar-refractivity contribution < 1.29 is 9.90 Å². The lowest BCUT2D eigenvalue weighted by Gasteiger charge is -2.46. The molecule has 0 amide bonds. The number of carboxylic acids is 1. The van der Waals surface area contributed by atoms with Gasteiger partial charge in [0.2, 0.25) is 0 Å². The number of hydrogen-bond donors (Lipinski definition) is 1. The Labute approximate surface area is 105 Å². The molecule has 2 saturated carbocycles. The molecule has 2 bridgehead atoms. The summed E-state index contributed by atoms with van der Waals surface area (Å²) in [7, 11) is 0. The first-order chi connectivity index (χ1) is 8.00. The molecule has 17 heavy (non-hydrogen) atoms. The Kier molecular flexibility index (Phi) is 3.79. The minimum atomic E-state index is -0.532. The second-order valence-electron chi connectivity index (χ2n) is 6.65. The third kappa shape index (κ3) is 2.51. The van der Waals surface area contributed by atoms with Crippen molar-refractivity contribution in [1.82, 2.24) is 0 Å². The van der Waals surface area contributed by atoms with Gasteiger partial charge >= 0.3 is 5.97 Å². The van der Waals surface area contributed by atoms with Gasteiger partial charge in [0.05, 0.1) is 5.92 Å². The van der Waals surface area contributed by atoms with Crippen LogP contribution in [0.15, 0.2) is 0 Å². The van der Waals surface area contributed by atoms with Crippen LogP contribution in [0, 0.1) is 35.5 Å². The van der Waals surface area contributed by atoms with Gasteiger partial charge in [-0.2, -0.15) is 0 Å². The van der Waals surface area contributed by atoms with Gasteiger partial charge in [-0.25, -0.2) is 0 Å². The smallest absolute Gasteiger partial charge is 0.307 e. The summed E-state index contributed by atoms with van der Waals surface area (Å²) in [6, 6.07) is 0. The minimum Gasteiger partial charge on any atom is -0.481 e. The SMILES string of the molecule is CC(C)C(C)C1CC2CCCC(C1)C2C(=O)O. The highest BCUT2D eigenvalue weighted by molar-refractivity contribution is 5.71. The summed E-state index contributed by atoms with van der Waals surface area (Å²) in [5.74, 6) is 2.60. The molecule has 0 heterocycles. The maximum Gasteiger partial charge on any atom is 0.307 e. The monoisotopic (exact) mass is 238 g/mol. The zero-order valence-electron chi connectivity index (χ0n) is 11.4. The Morgan fingerprint density at radius 2 is 1.65 bits per heavy atom. The van der Waals surface area contributed by atoms with E-state index in [4.69, 9.17) is 0 Å². The van der Waals surface area contributed by atoms with Crippen LogP contribution in [-0.2, 0) is 4.79 Å². The van der Waals surface area contributed by atoms with E-state index < -0.39 is 5.97 Å². The van der Waals surface area contributed by atoms with Crippen molar-refractivity contribution in [3.8, 4) is 0 Å². The van der Waals surface area contributed by atoms with Gasteiger partial charge in [0, 0.05) is 0 Å². The molecule has 0 aromatic rings. The first-order valence-corrected chi connectivity index (χ1v) is 7.23. The zero-order valence-corrected chi connectivity index (χ0v) is 11.4. The summed E-state index contributed by atoms with van der Waals surface area (Å²) in [5, 5.41) is 9.38. The predicted molar refractivity (Wildman–Crippen MR) is 68.7 cm³/mol. The van der Waals surface area contributed by atoms with Crippen LogP contribution in [0.5, 0.6) is 0 Å². The van der Waals surface area contributed by atoms with Crippen molar-refractivity contribution in [3.63, 3.8) is 0 Å². The Morgan fingerprint density at radius 1 is 1.12 bits per heavy atom. The number of carboxylic acid groups (broad SMARTS) is 1. The van der Waals surface area contributed by atoms with Crippen LogP contribution in [0.1, 0.15) is 52.9 Å². The Morgan fingerprint density at radius 3 is 2.06 bits per heavy atom. The van der Waals surface area contributed by atoms with E-state index in [0.29, 0.717) is 11.8 Å². The first kappa shape index (κ1) is 12.9. The normalized spacial score (nSPS) is 39.1. The van der Waals surface area contributed by atoms with Crippen LogP contribution in [0.25, 0.3) is 0 Å². The molecule has 1 N–H and O–H groups in total. The highest BCUT2D eigenvalue weighted by Crippen LogP contribution is 2.49. The van der Waals surface area contributed by atoms with E-state index in [1.807, 2.05) is 0 Å². The van der Waals surface area contributed by atoms with Gasteiger partial charge in [0.25, 0.3) is 0 Å². The van der Waals surface area contributed by atoms with E-state index in [0.717, 1.165) is 43.4 Å². The lowest BCUT2D eigenvalue weighted by Crippen LogP contribution is -2.42. The average molecular weight is 238 g/mol. The van der Waals surface area contributed by atoms with E-state index in [1.165, 1.54) is 6.42 Å². The van der Waals surface area contributed by atoms with Gasteiger partial charge < -0.3 is 5.11 Å². The molecule has 2 rings (SSSR count). The van der Waals surface area contributed by atoms with E-state index >= 15 is 0 Å². The maximum absolute atomic E-state index is 11.4. The van der Waals surface area contributed by atoms with Crippen LogP contribution in [-0.4, -0.2) is 11.1 Å². The first-order valence-electron chi connectivity index (χ1n) is 7.23. The number of hydrogen-bond acceptors (Lipinski definition) is 1. The fourth-order valence-electron chi connectivity index (χ4n) is 4.17. The number of fused-ring (bicyclic) bond motifs is 2. The lowest BCUT2D eigenvalue weighted by molar-refractivity contribution is -0.151. The molecule has 2 aliphatic carbocycles. The fourth-order valence-corrected chi connectivity index (χ4v) is 4.17. The third-order valence-corrected chi connectivity index (χ3v) is 5.46. The number of carbonyl (C=O) groups is 1. The fraction of sp³-hybridized carbons (Fsp3) is 0.933. The average Bonchev–Trinajstić information content (AvgIpc) is 2.25. The second-order valence-corrected chi connectivity index (χ2v) is 6.65. The molecule has 3 unspecified atom stereocenters. The largest absolute Gasteiger partial charge is 0.481 e. The highest BCUT2D eigenvalue weighted by atomic mass is 16.4. The van der Waals surface area contributed by atoms with Gasteiger partial charge in [0.1, 0.15) is 0 Å². The molecule has 0 spiro atoms. The van der Waals surface area contributed by atoms with Gasteiger partial charge in [-0.15, -0.1) is 0 Å². The molecule has 0 saturated heterocycles. The van der Waals surface area contributed by atoms with Crippen molar-refractivity contribution in [2.75, 3.05) is 0 Å². The molecule has 2 nitrogen and oxygen atoms in total. The Balaban J connectivity index is 2.08. The summed E-state index contributed by atoms with van der Waals surface area (Å²) < 4.78 is 0. The molecule has 98 valence electrons. The third-order valence-electron chi connectivity index (χ3n) is 5.46. The summed E-state index contributed by atoms with van der Waals surface area (Å²) in [6.45, 7) is 6.94. The van der Waals surface area contributed by atoms with Crippen molar-refractivity contribution in [2.45, 2.75) is 52.9 Å². The van der Waals surface area contributed by atoms with E-state index in [2.05, 4.69) is 20.8 Å². The van der Waals surface area contributed by atoms with E-state index in [-0.39, 0.29) is 5.92 Å². The van der Waals surface area contributed by atoms with Gasteiger partial charge in [-0.3, -0.25) is 4.79 Å². The Bertz CT molecular complexity index is 271. The summed E-state index contributed by atoms with van der Waals surface area (Å²) in [4.78, 5) is 11.4. The van der Waals surface area contributed by atoms with Crippen molar-refractivity contribution in [1.29, 1.82) is 0 Å². The minimum absolute atomic E-state index is 0.0284. The summed E-state index contributed by atoms with van der Waals surface area (Å²) in [5.41, 5.74) is 0. The molecule has 2 aliphatic rings. The van der Waals surface area contributed by atoms with Gasteiger partial charge in [0.15, 0.2) is 0 Å². The molecule has 2 fully saturated rings. The second kappa shape index (κ2) is 4.99. The molecule has 3 atom stereocenters. The standard InChI is InChI=1S/C15H26O2/c1-9(2)10(3)13-7-11-5-4-6-12(8-13)14(11)15(16)17/h9-14H,4-8H2,1-3H3,(H,16,17). The maximum atomic E-state index is 11.4. The van der Waals surface area contributed by atoms with Crippen molar-refractivity contribution >= 4 is 5.97 Å². The van der Waals surface area contributed by atoms with Crippen molar-refractivity contribution in [3.05, 3.63) is 0 Å². The molecule has 0 aliphatic heterocycles. The summed E-state index contributed by atoms with van der Waals surface area (Å²) in [6.07, 6.45) is 5.87. The van der Waals surface area contributed by atoms with Crippen LogP contribution < -0.4 is 0 Å². The van der Waals surface area contributed by atoms with Crippen LogP contribution in [0.3, 0.4) is 0 Å². The van der Waals surface area contributed by atoms with Gasteiger partial charge in [-0.1, -0.05) is 27.2 Å². The van der Waals surface area contributed by atoms with Crippen LogP contribution >= 0.6 is 0 Å². The molecule has 0 aromatic heterocycles. The van der Waals surface area contributed by atoms with Crippen molar-refractivity contribution in [2.24, 2.45) is 35.5 Å². The zero-order chi connectivity index (χ0) is 12.6. The number of rotatable bonds is 3. The topological polar surface area (TPSA) is 37.3 Å². The molecule has 0 aromatic carbocycles. The predicted octanol–water partition coefficient (Wildman–Crippen LogP) is 3.81. The van der Waals surface area contributed by atoms with Crippen LogP contribution in [0.4, 0.5) is 0 Å². The molecular weight excluding hydrogens is 212 g/mol. The highest BCUT2D eigenvalue weighted by Gasteiger charge is 2.45. The lowest BCUT2D eigenvalue weighted by atomic mass is 9.58. The quantitative estimate of drug-likeness (QED) is 0.812. The molecule has 0 radical (unpaired) electrons. The number of aliphatic carboxylic acids is 1. The van der Waals surface area contributed by atoms with Gasteiger partial charge in [-0.05, 0) is 55.3 Å². The Hall–Kier alpha value is -0.530. The van der Waals surface area contributed by atoms with E-state index in [9.17, 15) is 9.90 Å². The molecular formula is C15H26O2. The van der Waals surface area contributed by atoms with Crippen LogP contribution in [0.2, 0.25) is 0 Å².